The average molecular weight is 181 g/mol. The Balaban J connectivity index is 1.91. The second kappa shape index (κ2) is 3.92. The number of hydrogen-bond acceptors (Lipinski definition) is 3. The SMILES string of the molecule is O=C1C=CC(C2CCCCCN2)O1. The molecule has 2 aliphatic rings. The summed E-state index contributed by atoms with van der Waals surface area (Å²) in [6, 6.07) is 0.338. The summed E-state index contributed by atoms with van der Waals surface area (Å²) in [4.78, 5) is 10.8. The number of cyclic esters (lactones) is 1. The van der Waals surface area contributed by atoms with Gasteiger partial charge in [0.15, 0.2) is 0 Å². The second-order valence-corrected chi connectivity index (χ2v) is 3.67. The Morgan fingerprint density at radius 2 is 2.31 bits per heavy atom. The summed E-state index contributed by atoms with van der Waals surface area (Å²) in [5, 5.41) is 3.42. The van der Waals surface area contributed by atoms with Crippen molar-refractivity contribution >= 4 is 5.97 Å². The Morgan fingerprint density at radius 1 is 1.38 bits per heavy atom. The first-order valence-electron chi connectivity index (χ1n) is 4.98. The first-order valence-corrected chi connectivity index (χ1v) is 4.98. The molecule has 2 heterocycles. The third-order valence-electron chi connectivity index (χ3n) is 2.67. The normalized spacial score (nSPS) is 34.3. The van der Waals surface area contributed by atoms with E-state index >= 15 is 0 Å². The highest BCUT2D eigenvalue weighted by Crippen LogP contribution is 2.17. The first-order chi connectivity index (χ1) is 6.36. The largest absolute Gasteiger partial charge is 0.453 e. The molecule has 0 aromatic heterocycles. The summed E-state index contributed by atoms with van der Waals surface area (Å²) < 4.78 is 5.14. The molecule has 1 N–H and O–H groups in total. The van der Waals surface area contributed by atoms with Crippen LogP contribution < -0.4 is 5.32 Å². The van der Waals surface area contributed by atoms with Crippen LogP contribution in [0, 0.1) is 0 Å². The number of nitrogens with one attached hydrogen (secondary N) is 1. The number of carbonyl (C=O) groups excluding carboxylic acids is 1. The standard InChI is InChI=1S/C10H15NO2/c12-10-6-5-9(13-10)8-4-2-1-3-7-11-8/h5-6,8-9,11H,1-4,7H2. The van der Waals surface area contributed by atoms with Crippen molar-refractivity contribution in [3.8, 4) is 0 Å². The molecule has 2 rings (SSSR count). The van der Waals surface area contributed by atoms with Gasteiger partial charge in [-0.25, -0.2) is 4.79 Å². The highest BCUT2D eigenvalue weighted by molar-refractivity contribution is 5.84. The Bertz CT molecular complexity index is 217. The van der Waals surface area contributed by atoms with Gasteiger partial charge in [-0.2, -0.15) is 0 Å². The predicted molar refractivity (Wildman–Crippen MR) is 49.3 cm³/mol. The predicted octanol–water partition coefficient (Wildman–Crippen LogP) is 1.00. The lowest BCUT2D eigenvalue weighted by atomic mass is 10.1. The van der Waals surface area contributed by atoms with Crippen molar-refractivity contribution in [2.75, 3.05) is 6.54 Å². The molecule has 0 saturated carbocycles. The highest BCUT2D eigenvalue weighted by atomic mass is 16.5. The van der Waals surface area contributed by atoms with E-state index in [1.165, 1.54) is 25.3 Å². The van der Waals surface area contributed by atoms with Gasteiger partial charge in [-0.1, -0.05) is 12.8 Å². The molecule has 2 unspecified atom stereocenters. The zero-order valence-electron chi connectivity index (χ0n) is 7.66. The lowest BCUT2D eigenvalue weighted by molar-refractivity contribution is -0.139. The number of hydrogen-bond donors (Lipinski definition) is 1. The van der Waals surface area contributed by atoms with Gasteiger partial charge in [0.1, 0.15) is 6.10 Å². The molecule has 1 fully saturated rings. The van der Waals surface area contributed by atoms with Gasteiger partial charge in [0.25, 0.3) is 0 Å². The van der Waals surface area contributed by atoms with Gasteiger partial charge >= 0.3 is 5.97 Å². The van der Waals surface area contributed by atoms with E-state index in [-0.39, 0.29) is 12.1 Å². The molecule has 0 radical (unpaired) electrons. The second-order valence-electron chi connectivity index (χ2n) is 3.67. The Labute approximate surface area is 78.1 Å². The maximum atomic E-state index is 10.8. The zero-order valence-corrected chi connectivity index (χ0v) is 7.66. The number of esters is 1. The molecule has 13 heavy (non-hydrogen) atoms. The molecule has 3 heteroatoms. The van der Waals surface area contributed by atoms with Crippen LogP contribution in [0.5, 0.6) is 0 Å². The molecule has 0 aromatic rings. The van der Waals surface area contributed by atoms with Gasteiger partial charge in [0.2, 0.25) is 0 Å². The summed E-state index contributed by atoms with van der Waals surface area (Å²) >= 11 is 0. The van der Waals surface area contributed by atoms with E-state index in [9.17, 15) is 4.79 Å². The van der Waals surface area contributed by atoms with Crippen molar-refractivity contribution in [2.45, 2.75) is 37.8 Å². The summed E-state index contributed by atoms with van der Waals surface area (Å²) in [5.74, 6) is -0.198. The molecule has 0 bridgehead atoms. The lowest BCUT2D eigenvalue weighted by Gasteiger charge is -2.20. The van der Waals surface area contributed by atoms with Crippen molar-refractivity contribution in [3.63, 3.8) is 0 Å². The van der Waals surface area contributed by atoms with Crippen LogP contribution in [-0.2, 0) is 9.53 Å². The molecular weight excluding hydrogens is 166 g/mol. The summed E-state index contributed by atoms with van der Waals surface area (Å²) in [6.45, 7) is 1.05. The van der Waals surface area contributed by atoms with Crippen molar-refractivity contribution in [2.24, 2.45) is 0 Å². The number of carbonyl (C=O) groups is 1. The van der Waals surface area contributed by atoms with Gasteiger partial charge in [0.05, 0.1) is 0 Å². The Morgan fingerprint density at radius 3 is 3.08 bits per heavy atom. The maximum absolute atomic E-state index is 10.8. The van der Waals surface area contributed by atoms with Crippen molar-refractivity contribution in [1.82, 2.24) is 5.32 Å². The third kappa shape index (κ3) is 2.10. The molecule has 0 aromatic carbocycles. The van der Waals surface area contributed by atoms with Gasteiger partial charge < -0.3 is 10.1 Å². The van der Waals surface area contributed by atoms with Gasteiger partial charge in [0, 0.05) is 12.1 Å². The van der Waals surface area contributed by atoms with E-state index in [1.807, 2.05) is 6.08 Å². The van der Waals surface area contributed by atoms with E-state index in [0.717, 1.165) is 13.0 Å². The molecule has 3 nitrogen and oxygen atoms in total. The lowest BCUT2D eigenvalue weighted by Crippen LogP contribution is -2.38. The van der Waals surface area contributed by atoms with Crippen LogP contribution in [0.1, 0.15) is 25.7 Å². The molecular formula is C10H15NO2. The summed E-state index contributed by atoms with van der Waals surface area (Å²) in [5.41, 5.74) is 0. The first kappa shape index (κ1) is 8.75. The van der Waals surface area contributed by atoms with Crippen LogP contribution in [0.15, 0.2) is 12.2 Å². The minimum atomic E-state index is -0.198. The van der Waals surface area contributed by atoms with Crippen LogP contribution in [0.3, 0.4) is 0 Å². The fourth-order valence-corrected chi connectivity index (χ4v) is 1.94. The van der Waals surface area contributed by atoms with Crippen molar-refractivity contribution < 1.29 is 9.53 Å². The van der Waals surface area contributed by atoms with Gasteiger partial charge in [-0.05, 0) is 25.5 Å². The third-order valence-corrected chi connectivity index (χ3v) is 2.67. The summed E-state index contributed by atoms with van der Waals surface area (Å²) in [6.07, 6.45) is 8.24. The monoisotopic (exact) mass is 181 g/mol. The topological polar surface area (TPSA) is 38.3 Å². The molecule has 0 spiro atoms. The van der Waals surface area contributed by atoms with Crippen LogP contribution in [-0.4, -0.2) is 24.7 Å². The van der Waals surface area contributed by atoms with Crippen LogP contribution in [0.25, 0.3) is 0 Å². The number of ether oxygens (including phenoxy) is 1. The van der Waals surface area contributed by atoms with Crippen LogP contribution in [0.4, 0.5) is 0 Å². The minimum Gasteiger partial charge on any atom is -0.453 e. The Kier molecular flexibility index (Phi) is 2.64. The van der Waals surface area contributed by atoms with E-state index in [2.05, 4.69) is 5.32 Å². The van der Waals surface area contributed by atoms with Crippen molar-refractivity contribution in [3.05, 3.63) is 12.2 Å². The molecule has 1 saturated heterocycles. The van der Waals surface area contributed by atoms with E-state index in [1.54, 1.807) is 0 Å². The Hall–Kier alpha value is -0.830. The average Bonchev–Trinajstić information content (AvgIpc) is 2.43. The molecule has 2 aliphatic heterocycles. The fourth-order valence-electron chi connectivity index (χ4n) is 1.94. The highest BCUT2D eigenvalue weighted by Gasteiger charge is 2.26. The van der Waals surface area contributed by atoms with Gasteiger partial charge in [-0.15, -0.1) is 0 Å². The van der Waals surface area contributed by atoms with Crippen LogP contribution in [0.2, 0.25) is 0 Å². The maximum Gasteiger partial charge on any atom is 0.331 e. The quantitative estimate of drug-likeness (QED) is 0.613. The minimum absolute atomic E-state index is 0.0226. The van der Waals surface area contributed by atoms with Gasteiger partial charge in [-0.3, -0.25) is 0 Å². The smallest absolute Gasteiger partial charge is 0.331 e. The fraction of sp³-hybridized carbons (Fsp3) is 0.700. The molecule has 0 amide bonds. The molecule has 0 aliphatic carbocycles. The van der Waals surface area contributed by atoms with Crippen molar-refractivity contribution in [1.29, 1.82) is 0 Å². The number of rotatable bonds is 1. The zero-order chi connectivity index (χ0) is 9.10. The van der Waals surface area contributed by atoms with E-state index < -0.39 is 0 Å². The molecule has 2 atom stereocenters. The van der Waals surface area contributed by atoms with E-state index in [4.69, 9.17) is 4.74 Å². The van der Waals surface area contributed by atoms with E-state index in [0.29, 0.717) is 6.04 Å². The summed E-state index contributed by atoms with van der Waals surface area (Å²) in [7, 11) is 0. The van der Waals surface area contributed by atoms with Crippen LogP contribution >= 0.6 is 0 Å². The molecule has 72 valence electrons.